The van der Waals surface area contributed by atoms with Gasteiger partial charge in [-0.3, -0.25) is 4.90 Å². The second kappa shape index (κ2) is 10.2. The molecule has 6 rings (SSSR count). The van der Waals surface area contributed by atoms with Gasteiger partial charge in [-0.15, -0.1) is 0 Å². The van der Waals surface area contributed by atoms with Crippen LogP contribution in [0.5, 0.6) is 5.75 Å². The van der Waals surface area contributed by atoms with E-state index in [4.69, 9.17) is 19.9 Å². The molecule has 1 saturated carbocycles. The number of nitrogens with two attached hydrogens (primary N) is 1. The number of carbonyl (C=O) groups is 1. The molecule has 38 heavy (non-hydrogen) atoms. The number of carbonyl (C=O) groups excluding carboxylic acids is 1. The standard InChI is InChI=1S/C28H38N6O4/c1-28(2)13-21-20(25-23(28)26(29)33-16-32-25)7-8-22(24(21)30-14-19-15-31-27(35)38-19)37-18-5-3-17(4-6-18)34-9-11-36-12-10-34/h7-8,16-19,30H,3-6,9-15H2,1-2H3,(H,31,35)(H2,29,32,33). The van der Waals surface area contributed by atoms with Crippen molar-refractivity contribution in [2.75, 3.05) is 50.4 Å². The fourth-order valence-corrected chi connectivity index (χ4v) is 6.54. The number of anilines is 2. The number of benzene rings is 1. The quantitative estimate of drug-likeness (QED) is 0.525. The fourth-order valence-electron chi connectivity index (χ4n) is 6.54. The highest BCUT2D eigenvalue weighted by molar-refractivity contribution is 5.82. The molecule has 1 aromatic carbocycles. The van der Waals surface area contributed by atoms with Gasteiger partial charge < -0.3 is 30.6 Å². The molecule has 1 unspecified atom stereocenters. The maximum absolute atomic E-state index is 11.6. The Labute approximate surface area is 223 Å². The van der Waals surface area contributed by atoms with Crippen LogP contribution in [0.1, 0.15) is 50.7 Å². The van der Waals surface area contributed by atoms with E-state index < -0.39 is 0 Å². The van der Waals surface area contributed by atoms with Crippen LogP contribution < -0.4 is 21.1 Å². The predicted octanol–water partition coefficient (Wildman–Crippen LogP) is 3.10. The molecule has 1 aromatic heterocycles. The highest BCUT2D eigenvalue weighted by Crippen LogP contribution is 2.48. The summed E-state index contributed by atoms with van der Waals surface area (Å²) in [5.41, 5.74) is 11.1. The van der Waals surface area contributed by atoms with Gasteiger partial charge in [0.05, 0.1) is 43.8 Å². The molecule has 3 fully saturated rings. The zero-order valence-electron chi connectivity index (χ0n) is 22.3. The molecule has 2 aliphatic carbocycles. The van der Waals surface area contributed by atoms with Crippen molar-refractivity contribution in [3.63, 3.8) is 0 Å². The molecule has 3 heterocycles. The zero-order chi connectivity index (χ0) is 26.3. The van der Waals surface area contributed by atoms with Crippen molar-refractivity contribution in [1.29, 1.82) is 0 Å². The van der Waals surface area contributed by atoms with E-state index in [9.17, 15) is 4.79 Å². The number of nitrogens with one attached hydrogen (secondary N) is 2. The molecule has 4 N–H and O–H groups in total. The predicted molar refractivity (Wildman–Crippen MR) is 144 cm³/mol. The van der Waals surface area contributed by atoms with Gasteiger partial charge in [0.2, 0.25) is 0 Å². The monoisotopic (exact) mass is 522 g/mol. The molecule has 10 heteroatoms. The number of hydrogen-bond acceptors (Lipinski definition) is 9. The number of alkyl carbamates (subject to hydrolysis) is 1. The number of nitrogen functional groups attached to an aromatic ring is 1. The SMILES string of the molecule is CC1(C)Cc2c(ccc(OC3CCC(N4CCOCC4)CC3)c2NCC2CNC(=O)O2)-c2ncnc(N)c21. The van der Waals surface area contributed by atoms with E-state index >= 15 is 0 Å². The summed E-state index contributed by atoms with van der Waals surface area (Å²) in [4.78, 5) is 23.1. The number of aromatic nitrogens is 2. The maximum Gasteiger partial charge on any atom is 0.407 e. The van der Waals surface area contributed by atoms with Gasteiger partial charge in [-0.05, 0) is 55.2 Å². The summed E-state index contributed by atoms with van der Waals surface area (Å²) in [6, 6.07) is 4.77. The van der Waals surface area contributed by atoms with Crippen LogP contribution in [0.3, 0.4) is 0 Å². The highest BCUT2D eigenvalue weighted by Gasteiger charge is 2.37. The Balaban J connectivity index is 1.27. The number of fused-ring (bicyclic) bond motifs is 3. The summed E-state index contributed by atoms with van der Waals surface area (Å²) < 4.78 is 17.7. The van der Waals surface area contributed by atoms with E-state index in [1.807, 2.05) is 0 Å². The number of hydrogen-bond donors (Lipinski definition) is 3. The lowest BCUT2D eigenvalue weighted by atomic mass is 9.71. The minimum atomic E-state index is -0.373. The van der Waals surface area contributed by atoms with Crippen LogP contribution in [-0.2, 0) is 21.3 Å². The Morgan fingerprint density at radius 3 is 2.71 bits per heavy atom. The van der Waals surface area contributed by atoms with Crippen molar-refractivity contribution in [2.24, 2.45) is 0 Å². The van der Waals surface area contributed by atoms with E-state index in [1.54, 1.807) is 0 Å². The molecule has 4 aliphatic rings. The third-order valence-electron chi connectivity index (χ3n) is 8.46. The Hall–Kier alpha value is -3.11. The van der Waals surface area contributed by atoms with E-state index in [0.29, 0.717) is 24.9 Å². The van der Waals surface area contributed by atoms with Crippen molar-refractivity contribution in [2.45, 2.75) is 69.6 Å². The van der Waals surface area contributed by atoms with Crippen LogP contribution in [0.4, 0.5) is 16.3 Å². The zero-order valence-corrected chi connectivity index (χ0v) is 22.3. The molecule has 1 atom stereocenters. The van der Waals surface area contributed by atoms with Gasteiger partial charge in [0.15, 0.2) is 0 Å². The first kappa shape index (κ1) is 25.2. The topological polar surface area (TPSA) is 124 Å². The number of amides is 1. The minimum absolute atomic E-state index is 0.165. The molecule has 0 bridgehead atoms. The Morgan fingerprint density at radius 1 is 1.18 bits per heavy atom. The molecule has 2 aliphatic heterocycles. The summed E-state index contributed by atoms with van der Waals surface area (Å²) in [6.07, 6.45) is 6.18. The lowest BCUT2D eigenvalue weighted by Gasteiger charge is -2.39. The molecule has 0 radical (unpaired) electrons. The number of ether oxygens (including phenoxy) is 3. The first-order chi connectivity index (χ1) is 18.4. The second-order valence-electron chi connectivity index (χ2n) is 11.5. The lowest BCUT2D eigenvalue weighted by Crippen LogP contribution is -2.46. The normalized spacial score (nSPS) is 26.6. The van der Waals surface area contributed by atoms with Crippen molar-refractivity contribution in [3.05, 3.63) is 29.6 Å². The van der Waals surface area contributed by atoms with Crippen LogP contribution in [0.2, 0.25) is 0 Å². The molecular weight excluding hydrogens is 484 g/mol. The summed E-state index contributed by atoms with van der Waals surface area (Å²) in [5.74, 6) is 1.37. The van der Waals surface area contributed by atoms with Crippen molar-refractivity contribution in [3.8, 4) is 17.0 Å². The van der Waals surface area contributed by atoms with Gasteiger partial charge in [-0.1, -0.05) is 13.8 Å². The van der Waals surface area contributed by atoms with Gasteiger partial charge in [0.25, 0.3) is 0 Å². The third-order valence-corrected chi connectivity index (χ3v) is 8.46. The first-order valence-electron chi connectivity index (χ1n) is 13.8. The summed E-state index contributed by atoms with van der Waals surface area (Å²) in [6.45, 7) is 9.07. The maximum atomic E-state index is 11.6. The second-order valence-corrected chi connectivity index (χ2v) is 11.5. The molecule has 204 valence electrons. The molecule has 10 nitrogen and oxygen atoms in total. The molecule has 0 spiro atoms. The van der Waals surface area contributed by atoms with Gasteiger partial charge in [0, 0.05) is 30.3 Å². The van der Waals surface area contributed by atoms with E-state index in [2.05, 4.69) is 51.5 Å². The van der Waals surface area contributed by atoms with Crippen LogP contribution in [0.25, 0.3) is 11.3 Å². The fraction of sp³-hybridized carbons (Fsp3) is 0.607. The third kappa shape index (κ3) is 4.87. The molecule has 2 aromatic rings. The largest absolute Gasteiger partial charge is 0.488 e. The van der Waals surface area contributed by atoms with Crippen LogP contribution in [-0.4, -0.2) is 78.6 Å². The Morgan fingerprint density at radius 2 is 1.97 bits per heavy atom. The van der Waals surface area contributed by atoms with Crippen LogP contribution >= 0.6 is 0 Å². The van der Waals surface area contributed by atoms with E-state index in [-0.39, 0.29) is 23.7 Å². The van der Waals surface area contributed by atoms with Crippen LogP contribution in [0.15, 0.2) is 18.5 Å². The van der Waals surface area contributed by atoms with E-state index in [0.717, 1.165) is 92.2 Å². The molecule has 1 amide bonds. The van der Waals surface area contributed by atoms with Gasteiger partial charge in [-0.2, -0.15) is 0 Å². The summed E-state index contributed by atoms with van der Waals surface area (Å²) >= 11 is 0. The van der Waals surface area contributed by atoms with Gasteiger partial charge in [0.1, 0.15) is 24.0 Å². The first-order valence-corrected chi connectivity index (χ1v) is 13.8. The number of rotatable bonds is 6. The van der Waals surface area contributed by atoms with E-state index in [1.165, 1.54) is 6.33 Å². The van der Waals surface area contributed by atoms with Crippen molar-refractivity contribution < 1.29 is 19.0 Å². The lowest BCUT2D eigenvalue weighted by molar-refractivity contribution is -0.000983. The average molecular weight is 523 g/mol. The molecular formula is C28H38N6O4. The molecule has 2 saturated heterocycles. The number of nitrogens with zero attached hydrogens (tertiary/aromatic N) is 3. The summed E-state index contributed by atoms with van der Waals surface area (Å²) in [5, 5.41) is 6.34. The Bertz CT molecular complexity index is 1190. The average Bonchev–Trinajstić information content (AvgIpc) is 3.33. The summed E-state index contributed by atoms with van der Waals surface area (Å²) in [7, 11) is 0. The Kier molecular flexibility index (Phi) is 6.77. The highest BCUT2D eigenvalue weighted by atomic mass is 16.6. The van der Waals surface area contributed by atoms with Gasteiger partial charge >= 0.3 is 6.09 Å². The minimum Gasteiger partial charge on any atom is -0.488 e. The smallest absolute Gasteiger partial charge is 0.407 e. The number of cyclic esters (lactones) is 1. The van der Waals surface area contributed by atoms with Gasteiger partial charge in [-0.25, -0.2) is 14.8 Å². The van der Waals surface area contributed by atoms with Crippen molar-refractivity contribution >= 4 is 17.6 Å². The van der Waals surface area contributed by atoms with Crippen molar-refractivity contribution in [1.82, 2.24) is 20.2 Å². The van der Waals surface area contributed by atoms with Crippen LogP contribution in [0, 0.1) is 0 Å². The number of morpholine rings is 1.